The normalized spacial score (nSPS) is 9.81. The van der Waals surface area contributed by atoms with Crippen LogP contribution in [0.25, 0.3) is 11.3 Å². The molecule has 0 aliphatic carbocycles. The number of hydrogen-bond acceptors (Lipinski definition) is 2. The van der Waals surface area contributed by atoms with Gasteiger partial charge in [-0.15, -0.1) is 0 Å². The molecule has 78 valence electrons. The minimum Gasteiger partial charge on any atom is -0.235 e. The average molecular weight is 294 g/mol. The quantitative estimate of drug-likeness (QED) is 0.744. The number of rotatable bonds is 1. The van der Waals surface area contributed by atoms with Gasteiger partial charge in [-0.1, -0.05) is 39.7 Å². The van der Waals surface area contributed by atoms with Crippen molar-refractivity contribution in [3.63, 3.8) is 0 Å². The zero-order valence-corrected chi connectivity index (χ0v) is 10.5. The second-order valence-electron chi connectivity index (χ2n) is 3.15. The van der Waals surface area contributed by atoms with Gasteiger partial charge in [0.05, 0.1) is 11.3 Å². The summed E-state index contributed by atoms with van der Waals surface area (Å²) in [7, 11) is 0. The van der Waals surface area contributed by atoms with Crippen LogP contribution in [0.5, 0.6) is 0 Å². The Morgan fingerprint density at radius 3 is 2.38 bits per heavy atom. The van der Waals surface area contributed by atoms with Crippen molar-refractivity contribution in [2.45, 2.75) is 0 Å². The van der Waals surface area contributed by atoms with E-state index in [1.54, 1.807) is 12.1 Å². The summed E-state index contributed by atoms with van der Waals surface area (Å²) in [6.45, 7) is 0. The van der Waals surface area contributed by atoms with Crippen LogP contribution in [0.15, 0.2) is 40.9 Å². The van der Waals surface area contributed by atoms with Crippen molar-refractivity contribution in [3.05, 3.63) is 51.6 Å². The fourth-order valence-electron chi connectivity index (χ4n) is 1.30. The maximum atomic E-state index is 8.74. The van der Waals surface area contributed by atoms with Gasteiger partial charge in [-0.25, -0.2) is 4.98 Å². The van der Waals surface area contributed by atoms with E-state index in [1.165, 1.54) is 0 Å². The highest BCUT2D eigenvalue weighted by Crippen LogP contribution is 2.22. The molecule has 0 N–H and O–H groups in total. The molecule has 0 aliphatic heterocycles. The van der Waals surface area contributed by atoms with Gasteiger partial charge in [0.25, 0.3) is 0 Å². The fourth-order valence-corrected chi connectivity index (χ4v) is 1.76. The summed E-state index contributed by atoms with van der Waals surface area (Å²) in [6.07, 6.45) is 0. The summed E-state index contributed by atoms with van der Waals surface area (Å²) in [5.41, 5.74) is 2.12. The SMILES string of the molecule is N#Cc1ccc(-c2ccc(Br)cc2)nc1Cl. The van der Waals surface area contributed by atoms with E-state index >= 15 is 0 Å². The minimum absolute atomic E-state index is 0.239. The lowest BCUT2D eigenvalue weighted by Gasteiger charge is -2.02. The number of benzene rings is 1. The molecule has 16 heavy (non-hydrogen) atoms. The van der Waals surface area contributed by atoms with Crippen molar-refractivity contribution in [3.8, 4) is 17.3 Å². The second kappa shape index (κ2) is 4.65. The zero-order valence-electron chi connectivity index (χ0n) is 8.11. The summed E-state index contributed by atoms with van der Waals surface area (Å²) in [4.78, 5) is 4.17. The van der Waals surface area contributed by atoms with E-state index in [-0.39, 0.29) is 5.15 Å². The van der Waals surface area contributed by atoms with Crippen LogP contribution in [0.2, 0.25) is 5.15 Å². The van der Waals surface area contributed by atoms with E-state index in [9.17, 15) is 0 Å². The van der Waals surface area contributed by atoms with E-state index in [0.717, 1.165) is 15.7 Å². The van der Waals surface area contributed by atoms with Crippen molar-refractivity contribution in [1.29, 1.82) is 5.26 Å². The predicted octanol–water partition coefficient (Wildman–Crippen LogP) is 4.04. The molecule has 0 unspecified atom stereocenters. The molecule has 0 amide bonds. The van der Waals surface area contributed by atoms with Crippen LogP contribution >= 0.6 is 27.5 Å². The maximum Gasteiger partial charge on any atom is 0.147 e. The molecule has 0 aliphatic rings. The van der Waals surface area contributed by atoms with E-state index in [0.29, 0.717) is 5.56 Å². The van der Waals surface area contributed by atoms with Crippen molar-refractivity contribution < 1.29 is 0 Å². The van der Waals surface area contributed by atoms with Crippen molar-refractivity contribution in [2.24, 2.45) is 0 Å². The molecule has 0 spiro atoms. The molecule has 1 aromatic heterocycles. The number of aromatic nitrogens is 1. The molecule has 2 aromatic rings. The van der Waals surface area contributed by atoms with Crippen molar-refractivity contribution >= 4 is 27.5 Å². The Hall–Kier alpha value is -1.37. The van der Waals surface area contributed by atoms with E-state index in [1.807, 2.05) is 30.3 Å². The van der Waals surface area contributed by atoms with Gasteiger partial charge < -0.3 is 0 Å². The molecule has 0 bridgehead atoms. The lowest BCUT2D eigenvalue weighted by Crippen LogP contribution is -1.87. The monoisotopic (exact) mass is 292 g/mol. The second-order valence-corrected chi connectivity index (χ2v) is 4.43. The van der Waals surface area contributed by atoms with Crippen LogP contribution in [-0.4, -0.2) is 4.98 Å². The molecular weight excluding hydrogens is 288 g/mol. The Kier molecular flexibility index (Phi) is 3.23. The van der Waals surface area contributed by atoms with E-state index in [2.05, 4.69) is 20.9 Å². The van der Waals surface area contributed by atoms with Gasteiger partial charge in [-0.2, -0.15) is 5.26 Å². The van der Waals surface area contributed by atoms with Gasteiger partial charge in [0.2, 0.25) is 0 Å². The highest BCUT2D eigenvalue weighted by molar-refractivity contribution is 9.10. The van der Waals surface area contributed by atoms with E-state index < -0.39 is 0 Å². The Labute approximate surface area is 107 Å². The summed E-state index contributed by atoms with van der Waals surface area (Å²) >= 11 is 9.23. The van der Waals surface area contributed by atoms with Crippen molar-refractivity contribution in [1.82, 2.24) is 4.98 Å². The first-order valence-corrected chi connectivity index (χ1v) is 5.70. The molecular formula is C12H6BrClN2. The van der Waals surface area contributed by atoms with Crippen LogP contribution in [0.1, 0.15) is 5.56 Å². The van der Waals surface area contributed by atoms with Crippen LogP contribution in [0, 0.1) is 11.3 Å². The Balaban J connectivity index is 2.46. The first-order valence-electron chi connectivity index (χ1n) is 4.53. The maximum absolute atomic E-state index is 8.74. The van der Waals surface area contributed by atoms with Crippen LogP contribution in [0.4, 0.5) is 0 Å². The third-order valence-corrected chi connectivity index (χ3v) is 2.93. The Bertz CT molecular complexity index is 558. The molecule has 0 fully saturated rings. The van der Waals surface area contributed by atoms with Gasteiger partial charge >= 0.3 is 0 Å². The van der Waals surface area contributed by atoms with Gasteiger partial charge in [0, 0.05) is 10.0 Å². The highest BCUT2D eigenvalue weighted by atomic mass is 79.9. The van der Waals surface area contributed by atoms with Gasteiger partial charge in [0.15, 0.2) is 0 Å². The number of pyridine rings is 1. The Morgan fingerprint density at radius 2 is 1.81 bits per heavy atom. The number of halogens is 2. The summed E-state index contributed by atoms with van der Waals surface area (Å²) in [5, 5.41) is 8.97. The Morgan fingerprint density at radius 1 is 1.12 bits per heavy atom. The highest BCUT2D eigenvalue weighted by Gasteiger charge is 2.04. The predicted molar refractivity (Wildman–Crippen MR) is 67.1 cm³/mol. The van der Waals surface area contributed by atoms with E-state index in [4.69, 9.17) is 16.9 Å². The van der Waals surface area contributed by atoms with Crippen LogP contribution < -0.4 is 0 Å². The number of hydrogen-bond donors (Lipinski definition) is 0. The van der Waals surface area contributed by atoms with Gasteiger partial charge in [0.1, 0.15) is 11.2 Å². The fraction of sp³-hybridized carbons (Fsp3) is 0. The first kappa shape index (κ1) is 11.1. The molecule has 4 heteroatoms. The molecule has 0 saturated heterocycles. The third kappa shape index (κ3) is 2.24. The largest absolute Gasteiger partial charge is 0.235 e. The molecule has 2 nitrogen and oxygen atoms in total. The molecule has 1 aromatic carbocycles. The third-order valence-electron chi connectivity index (χ3n) is 2.11. The molecule has 2 rings (SSSR count). The number of nitriles is 1. The molecule has 0 radical (unpaired) electrons. The zero-order chi connectivity index (χ0) is 11.5. The summed E-state index contributed by atoms with van der Waals surface area (Å²) < 4.78 is 1.01. The average Bonchev–Trinajstić information content (AvgIpc) is 2.30. The van der Waals surface area contributed by atoms with Crippen LogP contribution in [0.3, 0.4) is 0 Å². The first-order chi connectivity index (χ1) is 7.70. The van der Waals surface area contributed by atoms with Crippen molar-refractivity contribution in [2.75, 3.05) is 0 Å². The standard InChI is InChI=1S/C12H6BrClN2/c13-10-4-1-8(2-5-10)11-6-3-9(7-15)12(14)16-11/h1-6H. The minimum atomic E-state index is 0.239. The van der Waals surface area contributed by atoms with Crippen LogP contribution in [-0.2, 0) is 0 Å². The lowest BCUT2D eigenvalue weighted by atomic mass is 10.1. The summed E-state index contributed by atoms with van der Waals surface area (Å²) in [5.74, 6) is 0. The van der Waals surface area contributed by atoms with Gasteiger partial charge in [-0.3, -0.25) is 0 Å². The summed E-state index contributed by atoms with van der Waals surface area (Å²) in [6, 6.07) is 13.2. The smallest absolute Gasteiger partial charge is 0.147 e. The number of nitrogens with zero attached hydrogens (tertiary/aromatic N) is 2. The topological polar surface area (TPSA) is 36.7 Å². The lowest BCUT2D eigenvalue weighted by molar-refractivity contribution is 1.30. The molecule has 0 saturated carbocycles. The molecule has 0 atom stereocenters. The molecule has 1 heterocycles. The van der Waals surface area contributed by atoms with Gasteiger partial charge in [-0.05, 0) is 24.3 Å².